The van der Waals surface area contributed by atoms with E-state index in [9.17, 15) is 5.11 Å². The minimum atomic E-state index is 0.181. The van der Waals surface area contributed by atoms with Gasteiger partial charge in [0.1, 0.15) is 11.5 Å². The van der Waals surface area contributed by atoms with Crippen LogP contribution in [0.2, 0.25) is 0 Å². The van der Waals surface area contributed by atoms with Gasteiger partial charge in [-0.15, -0.1) is 0 Å². The van der Waals surface area contributed by atoms with Crippen molar-refractivity contribution >= 4 is 23.2 Å². The molecule has 0 atom stereocenters. The summed E-state index contributed by atoms with van der Waals surface area (Å²) in [5.74, 6) is 0.810. The lowest BCUT2D eigenvalue weighted by Crippen LogP contribution is -1.85. The van der Waals surface area contributed by atoms with Crippen LogP contribution in [-0.2, 0) is 0 Å². The van der Waals surface area contributed by atoms with Gasteiger partial charge in [0.15, 0.2) is 0 Å². The third-order valence-electron chi connectivity index (χ3n) is 2.93. The highest BCUT2D eigenvalue weighted by Crippen LogP contribution is 2.25. The Morgan fingerprint density at radius 2 is 1.75 bits per heavy atom. The fraction of sp³-hybridized carbons (Fsp3) is 0. The smallest absolute Gasteiger partial charge is 0.146 e. The second-order valence-corrected chi connectivity index (χ2v) is 4.22. The Labute approximate surface area is 115 Å². The number of phenolic OH excluding ortho intramolecular Hbond substituents is 1. The highest BCUT2D eigenvalue weighted by atomic mass is 16.3. The second kappa shape index (κ2) is 5.40. The first-order valence-corrected chi connectivity index (χ1v) is 6.15. The van der Waals surface area contributed by atoms with E-state index < -0.39 is 0 Å². The van der Waals surface area contributed by atoms with Crippen LogP contribution < -0.4 is 0 Å². The maximum Gasteiger partial charge on any atom is 0.146 e. The van der Waals surface area contributed by atoms with Gasteiger partial charge in [0.25, 0.3) is 0 Å². The van der Waals surface area contributed by atoms with E-state index >= 15 is 0 Å². The molecular formula is C16H12N2O2. The third kappa shape index (κ3) is 2.44. The van der Waals surface area contributed by atoms with Crippen molar-refractivity contribution in [3.05, 3.63) is 66.1 Å². The Kier molecular flexibility index (Phi) is 3.29. The van der Waals surface area contributed by atoms with Gasteiger partial charge in [0.2, 0.25) is 0 Å². The van der Waals surface area contributed by atoms with E-state index in [1.807, 2.05) is 30.3 Å². The molecule has 0 saturated heterocycles. The molecule has 2 aromatic carbocycles. The molecule has 0 amide bonds. The zero-order valence-corrected chi connectivity index (χ0v) is 10.6. The molecule has 1 N–H and O–H groups in total. The predicted molar refractivity (Wildman–Crippen MR) is 79.5 cm³/mol. The van der Waals surface area contributed by atoms with E-state index in [0.717, 1.165) is 10.8 Å². The van der Waals surface area contributed by atoms with Gasteiger partial charge < -0.3 is 9.52 Å². The van der Waals surface area contributed by atoms with Crippen molar-refractivity contribution in [2.75, 3.05) is 0 Å². The van der Waals surface area contributed by atoms with Crippen molar-refractivity contribution in [2.24, 2.45) is 10.2 Å². The molecule has 4 heteroatoms. The molecule has 3 aromatic rings. The van der Waals surface area contributed by atoms with E-state index in [0.29, 0.717) is 11.3 Å². The summed E-state index contributed by atoms with van der Waals surface area (Å²) < 4.78 is 5.11. The summed E-state index contributed by atoms with van der Waals surface area (Å²) in [7, 11) is 0. The quantitative estimate of drug-likeness (QED) is 0.580. The summed E-state index contributed by atoms with van der Waals surface area (Å²) in [6.07, 6.45) is 4.62. The van der Waals surface area contributed by atoms with E-state index in [-0.39, 0.29) is 5.75 Å². The first-order chi connectivity index (χ1) is 9.84. The number of aromatic hydroxyl groups is 1. The van der Waals surface area contributed by atoms with E-state index in [1.54, 1.807) is 24.5 Å². The third-order valence-corrected chi connectivity index (χ3v) is 2.93. The molecule has 0 radical (unpaired) electrons. The summed E-state index contributed by atoms with van der Waals surface area (Å²) >= 11 is 0. The number of hydrogen-bond donors (Lipinski definition) is 1. The van der Waals surface area contributed by atoms with Crippen LogP contribution in [0.15, 0.2) is 69.4 Å². The minimum absolute atomic E-state index is 0.181. The van der Waals surface area contributed by atoms with Gasteiger partial charge in [-0.3, -0.25) is 0 Å². The number of fused-ring (bicyclic) bond motifs is 1. The molecule has 0 aliphatic carbocycles. The standard InChI is InChI=1S/C16H12N2O2/c19-16-8-7-12-4-1-2-6-14(12)15(16)11-18-17-10-13-5-3-9-20-13/h1-11,19H/b17-10?,18-11+. The average Bonchev–Trinajstić information content (AvgIpc) is 2.98. The molecule has 0 aliphatic heterocycles. The Morgan fingerprint density at radius 1 is 0.900 bits per heavy atom. The maximum absolute atomic E-state index is 9.93. The van der Waals surface area contributed by atoms with Crippen LogP contribution in [0.4, 0.5) is 0 Å². The fourth-order valence-electron chi connectivity index (χ4n) is 1.97. The summed E-state index contributed by atoms with van der Waals surface area (Å²) in [5, 5.41) is 19.8. The topological polar surface area (TPSA) is 58.1 Å². The lowest BCUT2D eigenvalue weighted by atomic mass is 10.0. The molecule has 0 aliphatic rings. The molecule has 0 spiro atoms. The van der Waals surface area contributed by atoms with Gasteiger partial charge in [0.05, 0.1) is 18.7 Å². The van der Waals surface area contributed by atoms with E-state index in [2.05, 4.69) is 10.2 Å². The van der Waals surface area contributed by atoms with Gasteiger partial charge in [-0.05, 0) is 29.0 Å². The highest BCUT2D eigenvalue weighted by Gasteiger charge is 2.03. The van der Waals surface area contributed by atoms with Crippen molar-refractivity contribution in [3.63, 3.8) is 0 Å². The van der Waals surface area contributed by atoms with Crippen LogP contribution in [0.25, 0.3) is 10.8 Å². The first kappa shape index (κ1) is 12.2. The number of rotatable bonds is 3. The molecule has 0 saturated carbocycles. The minimum Gasteiger partial charge on any atom is -0.507 e. The van der Waals surface area contributed by atoms with Crippen molar-refractivity contribution in [3.8, 4) is 5.75 Å². The summed E-state index contributed by atoms with van der Waals surface area (Å²) in [4.78, 5) is 0. The van der Waals surface area contributed by atoms with Crippen LogP contribution in [0.1, 0.15) is 11.3 Å². The van der Waals surface area contributed by atoms with Gasteiger partial charge >= 0.3 is 0 Å². The van der Waals surface area contributed by atoms with Crippen LogP contribution >= 0.6 is 0 Å². The number of benzene rings is 2. The van der Waals surface area contributed by atoms with Crippen molar-refractivity contribution in [2.45, 2.75) is 0 Å². The van der Waals surface area contributed by atoms with Crippen LogP contribution in [0, 0.1) is 0 Å². The van der Waals surface area contributed by atoms with Gasteiger partial charge in [-0.25, -0.2) is 0 Å². The molecule has 1 heterocycles. The van der Waals surface area contributed by atoms with E-state index in [1.165, 1.54) is 12.4 Å². The Morgan fingerprint density at radius 3 is 2.60 bits per heavy atom. The molecule has 1 aromatic heterocycles. The van der Waals surface area contributed by atoms with Crippen molar-refractivity contribution in [1.82, 2.24) is 0 Å². The number of nitrogens with zero attached hydrogens (tertiary/aromatic N) is 2. The number of phenols is 1. The van der Waals surface area contributed by atoms with Crippen LogP contribution in [-0.4, -0.2) is 17.5 Å². The molecule has 20 heavy (non-hydrogen) atoms. The van der Waals surface area contributed by atoms with Crippen molar-refractivity contribution < 1.29 is 9.52 Å². The predicted octanol–water partition coefficient (Wildman–Crippen LogP) is 3.59. The summed E-state index contributed by atoms with van der Waals surface area (Å²) in [6.45, 7) is 0. The van der Waals surface area contributed by atoms with Gasteiger partial charge in [0, 0.05) is 5.56 Å². The van der Waals surface area contributed by atoms with Crippen LogP contribution in [0.3, 0.4) is 0 Å². The maximum atomic E-state index is 9.93. The Hall–Kier alpha value is -2.88. The summed E-state index contributed by atoms with van der Waals surface area (Å²) in [5.41, 5.74) is 0.652. The average molecular weight is 264 g/mol. The summed E-state index contributed by atoms with van der Waals surface area (Å²) in [6, 6.07) is 14.9. The zero-order valence-electron chi connectivity index (χ0n) is 10.6. The zero-order chi connectivity index (χ0) is 13.8. The van der Waals surface area contributed by atoms with Crippen LogP contribution in [0.5, 0.6) is 5.75 Å². The van der Waals surface area contributed by atoms with Gasteiger partial charge in [-0.1, -0.05) is 30.3 Å². The molecular weight excluding hydrogens is 252 g/mol. The largest absolute Gasteiger partial charge is 0.507 e. The molecule has 0 bridgehead atoms. The Bertz CT molecular complexity index is 774. The Balaban J connectivity index is 1.92. The van der Waals surface area contributed by atoms with Crippen molar-refractivity contribution in [1.29, 1.82) is 0 Å². The number of furan rings is 1. The lowest BCUT2D eigenvalue weighted by molar-refractivity contribution is 0.475. The molecule has 98 valence electrons. The first-order valence-electron chi connectivity index (χ1n) is 6.15. The fourth-order valence-corrected chi connectivity index (χ4v) is 1.97. The molecule has 0 unspecified atom stereocenters. The van der Waals surface area contributed by atoms with E-state index in [4.69, 9.17) is 4.42 Å². The highest BCUT2D eigenvalue weighted by molar-refractivity contribution is 6.02. The molecule has 4 nitrogen and oxygen atoms in total. The second-order valence-electron chi connectivity index (χ2n) is 4.22. The molecule has 3 rings (SSSR count). The monoisotopic (exact) mass is 264 g/mol. The van der Waals surface area contributed by atoms with Gasteiger partial charge in [-0.2, -0.15) is 10.2 Å². The molecule has 0 fully saturated rings. The normalized spacial score (nSPS) is 11.8. The number of hydrogen-bond acceptors (Lipinski definition) is 4. The SMILES string of the molecule is Oc1ccc2ccccc2c1/C=N/N=Cc1ccco1. The lowest BCUT2D eigenvalue weighted by Gasteiger charge is -2.03.